The van der Waals surface area contributed by atoms with E-state index in [2.05, 4.69) is 33.8 Å². The van der Waals surface area contributed by atoms with Crippen LogP contribution in [0, 0.1) is 5.92 Å². The molecule has 3 N–H and O–H groups in total. The van der Waals surface area contributed by atoms with E-state index < -0.39 is 0 Å². The SMILES string of the molecule is CC(C)CN1CCN(c2ncccc2C(N)=NO)CC1. The first kappa shape index (κ1) is 14.6. The van der Waals surface area contributed by atoms with Crippen molar-refractivity contribution < 1.29 is 5.21 Å². The van der Waals surface area contributed by atoms with E-state index in [-0.39, 0.29) is 5.84 Å². The quantitative estimate of drug-likeness (QED) is 0.371. The summed E-state index contributed by atoms with van der Waals surface area (Å²) in [5.41, 5.74) is 6.41. The molecular weight excluding hydrogens is 254 g/mol. The van der Waals surface area contributed by atoms with Crippen molar-refractivity contribution in [2.45, 2.75) is 13.8 Å². The second-order valence-electron chi connectivity index (χ2n) is 5.54. The van der Waals surface area contributed by atoms with E-state index >= 15 is 0 Å². The molecule has 0 radical (unpaired) electrons. The average molecular weight is 277 g/mol. The van der Waals surface area contributed by atoms with Gasteiger partial charge in [0.25, 0.3) is 0 Å². The zero-order chi connectivity index (χ0) is 14.5. The molecule has 6 heteroatoms. The van der Waals surface area contributed by atoms with Gasteiger partial charge in [-0.05, 0) is 18.1 Å². The first-order valence-electron chi connectivity index (χ1n) is 7.02. The number of amidine groups is 1. The molecule has 1 aliphatic rings. The third kappa shape index (κ3) is 3.39. The van der Waals surface area contributed by atoms with E-state index in [1.807, 2.05) is 6.07 Å². The summed E-state index contributed by atoms with van der Waals surface area (Å²) in [5.74, 6) is 1.59. The van der Waals surface area contributed by atoms with Crippen molar-refractivity contribution in [3.05, 3.63) is 23.9 Å². The molecule has 6 nitrogen and oxygen atoms in total. The predicted molar refractivity (Wildman–Crippen MR) is 80.2 cm³/mol. The summed E-state index contributed by atoms with van der Waals surface area (Å²) in [6.45, 7) is 9.46. The lowest BCUT2D eigenvalue weighted by atomic mass is 10.1. The molecule has 110 valence electrons. The number of hydrogen-bond acceptors (Lipinski definition) is 5. The summed E-state index contributed by atoms with van der Waals surface area (Å²) >= 11 is 0. The molecule has 1 saturated heterocycles. The summed E-state index contributed by atoms with van der Waals surface area (Å²) in [6, 6.07) is 3.63. The Morgan fingerprint density at radius 2 is 2.10 bits per heavy atom. The highest BCUT2D eigenvalue weighted by atomic mass is 16.4. The maximum absolute atomic E-state index is 8.86. The molecule has 0 atom stereocenters. The Morgan fingerprint density at radius 3 is 2.70 bits per heavy atom. The van der Waals surface area contributed by atoms with Gasteiger partial charge in [0, 0.05) is 38.9 Å². The minimum Gasteiger partial charge on any atom is -0.409 e. The zero-order valence-electron chi connectivity index (χ0n) is 12.2. The van der Waals surface area contributed by atoms with Gasteiger partial charge < -0.3 is 15.8 Å². The zero-order valence-corrected chi connectivity index (χ0v) is 12.2. The molecule has 0 aromatic carbocycles. The highest BCUT2D eigenvalue weighted by Crippen LogP contribution is 2.19. The molecule has 1 fully saturated rings. The van der Waals surface area contributed by atoms with Crippen LogP contribution in [0.25, 0.3) is 0 Å². The van der Waals surface area contributed by atoms with Crippen molar-refractivity contribution in [2.75, 3.05) is 37.6 Å². The maximum Gasteiger partial charge on any atom is 0.173 e. The number of anilines is 1. The van der Waals surface area contributed by atoms with Gasteiger partial charge in [0.1, 0.15) is 5.82 Å². The second-order valence-corrected chi connectivity index (χ2v) is 5.54. The normalized spacial score (nSPS) is 17.8. The number of nitrogens with two attached hydrogens (primary N) is 1. The third-order valence-electron chi connectivity index (χ3n) is 3.47. The lowest BCUT2D eigenvalue weighted by Gasteiger charge is -2.36. The van der Waals surface area contributed by atoms with Gasteiger partial charge in [0.2, 0.25) is 0 Å². The van der Waals surface area contributed by atoms with E-state index in [9.17, 15) is 0 Å². The van der Waals surface area contributed by atoms with Crippen LogP contribution in [-0.2, 0) is 0 Å². The number of rotatable bonds is 4. The predicted octanol–water partition coefficient (Wildman–Crippen LogP) is 0.954. The molecule has 2 heterocycles. The van der Waals surface area contributed by atoms with Gasteiger partial charge in [-0.1, -0.05) is 19.0 Å². The molecule has 0 spiro atoms. The van der Waals surface area contributed by atoms with Gasteiger partial charge in [-0.3, -0.25) is 4.90 Å². The summed E-state index contributed by atoms with van der Waals surface area (Å²) in [7, 11) is 0. The van der Waals surface area contributed by atoms with Crippen LogP contribution >= 0.6 is 0 Å². The van der Waals surface area contributed by atoms with Crippen LogP contribution in [-0.4, -0.2) is 53.7 Å². The van der Waals surface area contributed by atoms with Crippen molar-refractivity contribution >= 4 is 11.7 Å². The highest BCUT2D eigenvalue weighted by molar-refractivity contribution is 6.01. The molecule has 2 rings (SSSR count). The first-order chi connectivity index (χ1) is 9.61. The van der Waals surface area contributed by atoms with Crippen LogP contribution in [0.2, 0.25) is 0 Å². The van der Waals surface area contributed by atoms with E-state index in [1.54, 1.807) is 12.3 Å². The van der Waals surface area contributed by atoms with Crippen LogP contribution in [0.1, 0.15) is 19.4 Å². The topological polar surface area (TPSA) is 78.0 Å². The molecule has 0 amide bonds. The molecule has 1 aromatic heterocycles. The van der Waals surface area contributed by atoms with Crippen LogP contribution < -0.4 is 10.6 Å². The Labute approximate surface area is 119 Å². The molecule has 0 saturated carbocycles. The summed E-state index contributed by atoms with van der Waals surface area (Å²) in [4.78, 5) is 9.06. The number of piperazine rings is 1. The van der Waals surface area contributed by atoms with Crippen molar-refractivity contribution in [3.63, 3.8) is 0 Å². The van der Waals surface area contributed by atoms with E-state index in [1.165, 1.54) is 0 Å². The number of hydrogen-bond donors (Lipinski definition) is 2. The lowest BCUT2D eigenvalue weighted by molar-refractivity contribution is 0.231. The van der Waals surface area contributed by atoms with Crippen molar-refractivity contribution in [1.82, 2.24) is 9.88 Å². The summed E-state index contributed by atoms with van der Waals surface area (Å²) < 4.78 is 0. The average Bonchev–Trinajstić information content (AvgIpc) is 2.46. The minimum atomic E-state index is 0.109. The fourth-order valence-electron chi connectivity index (χ4n) is 2.56. The molecular formula is C14H23N5O. The number of nitrogens with zero attached hydrogens (tertiary/aromatic N) is 4. The first-order valence-corrected chi connectivity index (χ1v) is 7.02. The Kier molecular flexibility index (Phi) is 4.79. The van der Waals surface area contributed by atoms with Gasteiger partial charge >= 0.3 is 0 Å². The minimum absolute atomic E-state index is 0.109. The number of aromatic nitrogens is 1. The van der Waals surface area contributed by atoms with E-state index in [0.717, 1.165) is 38.5 Å². The number of oxime groups is 1. The van der Waals surface area contributed by atoms with Crippen molar-refractivity contribution in [2.24, 2.45) is 16.8 Å². The molecule has 1 aromatic rings. The fraction of sp³-hybridized carbons (Fsp3) is 0.571. The van der Waals surface area contributed by atoms with Gasteiger partial charge in [0.15, 0.2) is 5.84 Å². The Morgan fingerprint density at radius 1 is 1.40 bits per heavy atom. The van der Waals surface area contributed by atoms with Gasteiger partial charge in [0.05, 0.1) is 5.56 Å². The molecule has 0 bridgehead atoms. The molecule has 0 unspecified atom stereocenters. The van der Waals surface area contributed by atoms with E-state index in [4.69, 9.17) is 10.9 Å². The summed E-state index contributed by atoms with van der Waals surface area (Å²) in [5, 5.41) is 11.9. The third-order valence-corrected chi connectivity index (χ3v) is 3.47. The fourth-order valence-corrected chi connectivity index (χ4v) is 2.56. The standard InChI is InChI=1S/C14H23N5O/c1-11(2)10-18-6-8-19(9-7-18)14-12(13(15)17-20)4-3-5-16-14/h3-5,11,20H,6-10H2,1-2H3,(H2,15,17). The second kappa shape index (κ2) is 6.56. The largest absolute Gasteiger partial charge is 0.409 e. The number of pyridine rings is 1. The van der Waals surface area contributed by atoms with Crippen LogP contribution in [0.3, 0.4) is 0 Å². The van der Waals surface area contributed by atoms with Crippen molar-refractivity contribution in [3.8, 4) is 0 Å². The van der Waals surface area contributed by atoms with Crippen LogP contribution in [0.5, 0.6) is 0 Å². The maximum atomic E-state index is 8.86. The van der Waals surface area contributed by atoms with Gasteiger partial charge in [-0.2, -0.15) is 0 Å². The highest BCUT2D eigenvalue weighted by Gasteiger charge is 2.21. The van der Waals surface area contributed by atoms with Crippen molar-refractivity contribution in [1.29, 1.82) is 0 Å². The monoisotopic (exact) mass is 277 g/mol. The molecule has 20 heavy (non-hydrogen) atoms. The summed E-state index contributed by atoms with van der Waals surface area (Å²) in [6.07, 6.45) is 1.74. The van der Waals surface area contributed by atoms with Gasteiger partial charge in [-0.15, -0.1) is 0 Å². The Hall–Kier alpha value is -1.82. The lowest BCUT2D eigenvalue weighted by Crippen LogP contribution is -2.48. The molecule has 1 aliphatic heterocycles. The van der Waals surface area contributed by atoms with Gasteiger partial charge in [-0.25, -0.2) is 4.98 Å². The molecule has 0 aliphatic carbocycles. The Bertz CT molecular complexity index is 466. The van der Waals surface area contributed by atoms with E-state index in [0.29, 0.717) is 11.5 Å². The smallest absolute Gasteiger partial charge is 0.173 e. The Balaban J connectivity index is 2.07. The van der Waals surface area contributed by atoms with Crippen LogP contribution in [0.15, 0.2) is 23.5 Å². The van der Waals surface area contributed by atoms with Crippen LogP contribution in [0.4, 0.5) is 5.82 Å².